The van der Waals surface area contributed by atoms with Crippen molar-refractivity contribution in [1.82, 2.24) is 19.9 Å². The fourth-order valence-electron chi connectivity index (χ4n) is 4.08. The maximum absolute atomic E-state index is 13.9. The minimum absolute atomic E-state index is 0.117. The van der Waals surface area contributed by atoms with Crippen LogP contribution >= 0.6 is 11.6 Å². The van der Waals surface area contributed by atoms with Crippen molar-refractivity contribution in [3.8, 4) is 5.75 Å². The summed E-state index contributed by atoms with van der Waals surface area (Å²) in [6.07, 6.45) is -2.20. The summed E-state index contributed by atoms with van der Waals surface area (Å²) in [6.45, 7) is 3.88. The van der Waals surface area contributed by atoms with E-state index in [1.165, 1.54) is 11.0 Å². The standard InChI is InChI=1S/C25H22ClF5N6O2/c1-13(36-39-16-10-20(25(29,30)31)34-21(26)11-16)17-12-32-14(2)33-22(17)15-6-8-37(9-7-15)24(38)35-23-18(27)4-3-5-19(23)28/h3-5,10-12,15H,6-9H2,1-2H3,(H,35,38)/b36-13-. The normalized spacial score (nSPS) is 14.9. The highest BCUT2D eigenvalue weighted by Gasteiger charge is 2.33. The number of hydrogen-bond acceptors (Lipinski definition) is 6. The number of rotatable bonds is 5. The number of carbonyl (C=O) groups is 1. The molecule has 14 heteroatoms. The molecule has 1 fully saturated rings. The molecule has 4 rings (SSSR count). The number of alkyl halides is 3. The summed E-state index contributed by atoms with van der Waals surface area (Å²) < 4.78 is 66.9. The Morgan fingerprint density at radius 2 is 1.82 bits per heavy atom. The molecule has 2 aromatic heterocycles. The maximum Gasteiger partial charge on any atom is 0.433 e. The Bertz CT molecular complexity index is 1390. The molecule has 0 atom stereocenters. The van der Waals surface area contributed by atoms with Gasteiger partial charge in [0.25, 0.3) is 0 Å². The van der Waals surface area contributed by atoms with E-state index in [0.29, 0.717) is 41.7 Å². The first kappa shape index (κ1) is 28.1. The average molecular weight is 569 g/mol. The monoisotopic (exact) mass is 568 g/mol. The van der Waals surface area contributed by atoms with Crippen LogP contribution in [0.4, 0.5) is 32.4 Å². The molecule has 0 unspecified atom stereocenters. The van der Waals surface area contributed by atoms with Gasteiger partial charge in [0.1, 0.15) is 34.0 Å². The maximum atomic E-state index is 13.9. The Labute approximate surface area is 224 Å². The number of carbonyl (C=O) groups excluding carboxylic acids is 1. The average Bonchev–Trinajstić information content (AvgIpc) is 2.88. The highest BCUT2D eigenvalue weighted by atomic mass is 35.5. The Hall–Kier alpha value is -3.87. The van der Waals surface area contributed by atoms with Crippen LogP contribution < -0.4 is 10.2 Å². The van der Waals surface area contributed by atoms with E-state index in [1.807, 2.05) is 0 Å². The molecule has 0 bridgehead atoms. The lowest BCUT2D eigenvalue weighted by molar-refractivity contribution is -0.141. The van der Waals surface area contributed by atoms with Crippen molar-refractivity contribution in [2.24, 2.45) is 5.16 Å². The van der Waals surface area contributed by atoms with Gasteiger partial charge >= 0.3 is 12.2 Å². The summed E-state index contributed by atoms with van der Waals surface area (Å²) in [7, 11) is 0. The van der Waals surface area contributed by atoms with E-state index in [9.17, 15) is 26.7 Å². The highest BCUT2D eigenvalue weighted by Crippen LogP contribution is 2.33. The number of hydrogen-bond donors (Lipinski definition) is 1. The Morgan fingerprint density at radius 3 is 2.46 bits per heavy atom. The number of anilines is 1. The van der Waals surface area contributed by atoms with Crippen LogP contribution in [0, 0.1) is 18.6 Å². The first-order chi connectivity index (χ1) is 18.4. The predicted molar refractivity (Wildman–Crippen MR) is 133 cm³/mol. The number of oxime groups is 1. The number of amides is 2. The van der Waals surface area contributed by atoms with E-state index >= 15 is 0 Å². The molecular formula is C25H22ClF5N6O2. The number of piperidine rings is 1. The molecule has 3 aromatic rings. The smallest absolute Gasteiger partial charge is 0.357 e. The van der Waals surface area contributed by atoms with E-state index in [0.717, 1.165) is 18.2 Å². The summed E-state index contributed by atoms with van der Waals surface area (Å²) in [5.41, 5.74) is -0.264. The van der Waals surface area contributed by atoms with E-state index < -0.39 is 40.4 Å². The quantitative estimate of drug-likeness (QED) is 0.168. The largest absolute Gasteiger partial charge is 0.433 e. The third-order valence-electron chi connectivity index (χ3n) is 6.04. The number of aromatic nitrogens is 3. The van der Waals surface area contributed by atoms with E-state index in [1.54, 1.807) is 20.0 Å². The molecule has 2 amide bonds. The highest BCUT2D eigenvalue weighted by molar-refractivity contribution is 6.29. The fourth-order valence-corrected chi connectivity index (χ4v) is 4.28. The first-order valence-electron chi connectivity index (χ1n) is 11.7. The van der Waals surface area contributed by atoms with Crippen LogP contribution in [0.2, 0.25) is 5.15 Å². The van der Waals surface area contributed by atoms with Gasteiger partial charge in [-0.05, 0) is 38.8 Å². The molecular weight excluding hydrogens is 547 g/mol. The van der Waals surface area contributed by atoms with Crippen LogP contribution in [0.25, 0.3) is 0 Å². The van der Waals surface area contributed by atoms with Crippen LogP contribution in [0.5, 0.6) is 5.75 Å². The molecule has 39 heavy (non-hydrogen) atoms. The van der Waals surface area contributed by atoms with Crippen LogP contribution in [-0.2, 0) is 6.18 Å². The number of halogens is 6. The second-order valence-corrected chi connectivity index (χ2v) is 9.17. The van der Waals surface area contributed by atoms with Gasteiger partial charge in [-0.15, -0.1) is 0 Å². The predicted octanol–water partition coefficient (Wildman–Crippen LogP) is 6.34. The van der Waals surface area contributed by atoms with Crippen LogP contribution in [0.1, 0.15) is 48.5 Å². The Morgan fingerprint density at radius 1 is 1.15 bits per heavy atom. The third kappa shape index (κ3) is 6.77. The zero-order valence-corrected chi connectivity index (χ0v) is 21.4. The molecule has 3 heterocycles. The lowest BCUT2D eigenvalue weighted by atomic mass is 9.90. The van der Waals surface area contributed by atoms with Crippen molar-refractivity contribution in [3.05, 3.63) is 76.1 Å². The summed E-state index contributed by atoms with van der Waals surface area (Å²) >= 11 is 5.70. The van der Waals surface area contributed by atoms with Crippen molar-refractivity contribution < 1.29 is 31.6 Å². The fraction of sp³-hybridized carbons (Fsp3) is 0.320. The number of nitrogens with one attached hydrogen (secondary N) is 1. The van der Waals surface area contributed by atoms with Crippen molar-refractivity contribution in [1.29, 1.82) is 0 Å². The SMILES string of the molecule is C/C(=N/Oc1cc(Cl)nc(C(F)(F)F)c1)c1cnc(C)nc1C1CCN(C(=O)Nc2c(F)cccc2F)CC1. The van der Waals surface area contributed by atoms with E-state index in [2.05, 4.69) is 25.4 Å². The molecule has 1 saturated heterocycles. The Balaban J connectivity index is 1.47. The zero-order chi connectivity index (χ0) is 28.3. The van der Waals surface area contributed by atoms with E-state index in [-0.39, 0.29) is 24.8 Å². The van der Waals surface area contributed by atoms with Crippen LogP contribution in [0.3, 0.4) is 0 Å². The van der Waals surface area contributed by atoms with Gasteiger partial charge in [-0.3, -0.25) is 0 Å². The lowest BCUT2D eigenvalue weighted by Crippen LogP contribution is -2.41. The number of urea groups is 1. The number of nitrogens with zero attached hydrogens (tertiary/aromatic N) is 5. The number of likely N-dealkylation sites (tertiary alicyclic amines) is 1. The third-order valence-corrected chi connectivity index (χ3v) is 6.23. The number of para-hydroxylation sites is 1. The van der Waals surface area contributed by atoms with Gasteiger partial charge in [0.15, 0.2) is 5.75 Å². The van der Waals surface area contributed by atoms with Crippen molar-refractivity contribution in [3.63, 3.8) is 0 Å². The summed E-state index contributed by atoms with van der Waals surface area (Å²) in [5, 5.41) is 5.84. The number of aryl methyl sites for hydroxylation is 1. The molecule has 1 N–H and O–H groups in total. The first-order valence-corrected chi connectivity index (χ1v) is 12.1. The summed E-state index contributed by atoms with van der Waals surface area (Å²) in [5.74, 6) is -1.62. The molecule has 1 aliphatic rings. The van der Waals surface area contributed by atoms with Gasteiger partial charge in [0.2, 0.25) is 0 Å². The van der Waals surface area contributed by atoms with Gasteiger partial charge in [0.05, 0.1) is 11.4 Å². The number of benzene rings is 1. The molecule has 0 radical (unpaired) electrons. The van der Waals surface area contributed by atoms with Gasteiger partial charge in [-0.2, -0.15) is 13.2 Å². The second-order valence-electron chi connectivity index (χ2n) is 8.78. The Kier molecular flexibility index (Phi) is 8.28. The van der Waals surface area contributed by atoms with Crippen molar-refractivity contribution in [2.45, 2.75) is 38.8 Å². The van der Waals surface area contributed by atoms with Gasteiger partial charge in [-0.25, -0.2) is 28.5 Å². The van der Waals surface area contributed by atoms with Gasteiger partial charge in [-0.1, -0.05) is 22.8 Å². The summed E-state index contributed by atoms with van der Waals surface area (Å²) in [4.78, 5) is 31.3. The van der Waals surface area contributed by atoms with Crippen molar-refractivity contribution in [2.75, 3.05) is 18.4 Å². The van der Waals surface area contributed by atoms with E-state index in [4.69, 9.17) is 16.4 Å². The molecule has 1 aromatic carbocycles. The van der Waals surface area contributed by atoms with Crippen molar-refractivity contribution >= 4 is 29.0 Å². The topological polar surface area (TPSA) is 92.6 Å². The lowest BCUT2D eigenvalue weighted by Gasteiger charge is -2.32. The molecule has 0 spiro atoms. The van der Waals surface area contributed by atoms with Crippen LogP contribution in [0.15, 0.2) is 41.7 Å². The minimum Gasteiger partial charge on any atom is -0.357 e. The molecule has 1 aliphatic heterocycles. The van der Waals surface area contributed by atoms with Crippen LogP contribution in [-0.4, -0.2) is 44.7 Å². The number of pyridine rings is 1. The molecule has 0 aliphatic carbocycles. The minimum atomic E-state index is -4.71. The second kappa shape index (κ2) is 11.5. The van der Waals surface area contributed by atoms with Gasteiger partial charge in [0, 0.05) is 42.9 Å². The molecule has 0 saturated carbocycles. The van der Waals surface area contributed by atoms with Gasteiger partial charge < -0.3 is 15.1 Å². The molecule has 8 nitrogen and oxygen atoms in total. The summed E-state index contributed by atoms with van der Waals surface area (Å²) in [6, 6.07) is 4.47. The zero-order valence-electron chi connectivity index (χ0n) is 20.7. The molecule has 206 valence electrons.